The van der Waals surface area contributed by atoms with Crippen LogP contribution in [0.5, 0.6) is 0 Å². The number of carbonyl (C=O) groups excluding carboxylic acids is 1. The fourth-order valence-corrected chi connectivity index (χ4v) is 2.94. The van der Waals surface area contributed by atoms with Crippen LogP contribution >= 0.6 is 0 Å². The zero-order chi connectivity index (χ0) is 18.0. The maximum Gasteiger partial charge on any atom is 0.340 e. The van der Waals surface area contributed by atoms with E-state index < -0.39 is 17.9 Å². The molecule has 0 spiro atoms. The molecule has 1 atom stereocenters. The van der Waals surface area contributed by atoms with Gasteiger partial charge in [-0.05, 0) is 6.42 Å². The van der Waals surface area contributed by atoms with E-state index in [4.69, 9.17) is 10.2 Å². The Kier molecular flexibility index (Phi) is 16.3. The van der Waals surface area contributed by atoms with Gasteiger partial charge in [0.15, 0.2) is 5.78 Å². The number of aliphatic hydroxyl groups is 1. The maximum absolute atomic E-state index is 11.3. The number of hydrogen-bond donors (Lipinski definition) is 2. The van der Waals surface area contributed by atoms with Crippen LogP contribution in [0.25, 0.3) is 0 Å². The normalized spacial score (nSPS) is 12.2. The van der Waals surface area contributed by atoms with E-state index in [1.165, 1.54) is 77.0 Å². The summed E-state index contributed by atoms with van der Waals surface area (Å²) in [5, 5.41) is 17.6. The molecule has 0 rings (SSSR count). The van der Waals surface area contributed by atoms with Crippen LogP contribution in [0.3, 0.4) is 0 Å². The summed E-state index contributed by atoms with van der Waals surface area (Å²) in [6.07, 6.45) is 17.1. The standard InChI is InChI=1S/C20H38O4/c1-2-3-4-5-6-7-8-9-10-11-12-13-14-15-16-17-18(21)19(22)20(23)24/h19,22H,2-17H2,1H3,(H,23,24). The number of aliphatic hydroxyl groups excluding tert-OH is 1. The first-order valence-electron chi connectivity index (χ1n) is 10.0. The number of carboxylic acids is 1. The molecule has 0 aromatic heterocycles. The fraction of sp³-hybridized carbons (Fsp3) is 0.900. The van der Waals surface area contributed by atoms with E-state index in [1.54, 1.807) is 0 Å². The molecule has 0 heterocycles. The van der Waals surface area contributed by atoms with E-state index in [2.05, 4.69) is 6.92 Å². The zero-order valence-electron chi connectivity index (χ0n) is 15.6. The lowest BCUT2D eigenvalue weighted by atomic mass is 10.0. The highest BCUT2D eigenvalue weighted by Gasteiger charge is 2.21. The van der Waals surface area contributed by atoms with Crippen molar-refractivity contribution in [2.75, 3.05) is 0 Å². The average Bonchev–Trinajstić information content (AvgIpc) is 2.57. The van der Waals surface area contributed by atoms with Gasteiger partial charge in [-0.1, -0.05) is 96.8 Å². The molecule has 0 aliphatic heterocycles. The monoisotopic (exact) mass is 342 g/mol. The molecule has 4 heteroatoms. The van der Waals surface area contributed by atoms with Crippen molar-refractivity contribution in [3.8, 4) is 0 Å². The molecule has 0 aromatic carbocycles. The first-order valence-corrected chi connectivity index (χ1v) is 10.0. The summed E-state index contributed by atoms with van der Waals surface area (Å²) in [7, 11) is 0. The molecule has 0 radical (unpaired) electrons. The van der Waals surface area contributed by atoms with Crippen molar-refractivity contribution in [2.24, 2.45) is 0 Å². The SMILES string of the molecule is CCCCCCCCCCCCCCCCCC(=O)C(O)C(=O)O. The summed E-state index contributed by atoms with van der Waals surface area (Å²) in [5.41, 5.74) is 0. The van der Waals surface area contributed by atoms with Gasteiger partial charge < -0.3 is 10.2 Å². The van der Waals surface area contributed by atoms with Gasteiger partial charge in [0.1, 0.15) is 0 Å². The van der Waals surface area contributed by atoms with Crippen molar-refractivity contribution in [1.82, 2.24) is 0 Å². The Morgan fingerprint density at radius 2 is 1.00 bits per heavy atom. The van der Waals surface area contributed by atoms with Crippen LogP contribution in [0.2, 0.25) is 0 Å². The Bertz CT molecular complexity index is 315. The van der Waals surface area contributed by atoms with Crippen molar-refractivity contribution >= 4 is 11.8 Å². The van der Waals surface area contributed by atoms with Gasteiger partial charge in [-0.2, -0.15) is 0 Å². The highest BCUT2D eigenvalue weighted by atomic mass is 16.4. The second kappa shape index (κ2) is 16.9. The van der Waals surface area contributed by atoms with Gasteiger partial charge in [0.2, 0.25) is 6.10 Å². The molecule has 142 valence electrons. The van der Waals surface area contributed by atoms with Crippen LogP contribution in [-0.2, 0) is 9.59 Å². The molecule has 2 N–H and O–H groups in total. The van der Waals surface area contributed by atoms with E-state index in [-0.39, 0.29) is 6.42 Å². The number of rotatable bonds is 18. The zero-order valence-corrected chi connectivity index (χ0v) is 15.6. The molecule has 0 amide bonds. The minimum Gasteiger partial charge on any atom is -0.479 e. The third-order valence-electron chi connectivity index (χ3n) is 4.57. The smallest absolute Gasteiger partial charge is 0.340 e. The summed E-state index contributed by atoms with van der Waals surface area (Å²) < 4.78 is 0. The molecule has 0 saturated heterocycles. The molecule has 0 aliphatic rings. The predicted molar refractivity (Wildman–Crippen MR) is 98.2 cm³/mol. The van der Waals surface area contributed by atoms with Crippen molar-refractivity contribution in [3.05, 3.63) is 0 Å². The van der Waals surface area contributed by atoms with E-state index in [0.717, 1.165) is 12.8 Å². The number of Topliss-reactive ketones (excluding diaryl/α,β-unsaturated/α-hetero) is 1. The Morgan fingerprint density at radius 3 is 1.33 bits per heavy atom. The fourth-order valence-electron chi connectivity index (χ4n) is 2.94. The molecule has 4 nitrogen and oxygen atoms in total. The summed E-state index contributed by atoms with van der Waals surface area (Å²) >= 11 is 0. The van der Waals surface area contributed by atoms with Crippen LogP contribution < -0.4 is 0 Å². The van der Waals surface area contributed by atoms with Gasteiger partial charge in [-0.25, -0.2) is 4.79 Å². The number of unbranched alkanes of at least 4 members (excludes halogenated alkanes) is 14. The Hall–Kier alpha value is -0.900. The molecule has 0 bridgehead atoms. The van der Waals surface area contributed by atoms with E-state index >= 15 is 0 Å². The summed E-state index contributed by atoms with van der Waals surface area (Å²) in [5.74, 6) is -2.02. The lowest BCUT2D eigenvalue weighted by Crippen LogP contribution is -2.29. The second-order valence-electron chi connectivity index (χ2n) is 6.91. The third-order valence-corrected chi connectivity index (χ3v) is 4.57. The van der Waals surface area contributed by atoms with Crippen molar-refractivity contribution in [3.63, 3.8) is 0 Å². The molecule has 0 saturated carbocycles. The van der Waals surface area contributed by atoms with Crippen LogP contribution in [0, 0.1) is 0 Å². The first kappa shape index (κ1) is 23.1. The number of ketones is 1. The highest BCUT2D eigenvalue weighted by molar-refractivity contribution is 6.00. The number of aliphatic carboxylic acids is 1. The quantitative estimate of drug-likeness (QED) is 0.263. The van der Waals surface area contributed by atoms with E-state index in [0.29, 0.717) is 6.42 Å². The Labute approximate surface area is 148 Å². The topological polar surface area (TPSA) is 74.6 Å². The largest absolute Gasteiger partial charge is 0.479 e. The Morgan fingerprint density at radius 1 is 0.667 bits per heavy atom. The second-order valence-corrected chi connectivity index (χ2v) is 6.91. The highest BCUT2D eigenvalue weighted by Crippen LogP contribution is 2.13. The molecule has 0 fully saturated rings. The van der Waals surface area contributed by atoms with E-state index in [1.807, 2.05) is 0 Å². The van der Waals surface area contributed by atoms with Crippen molar-refractivity contribution in [1.29, 1.82) is 0 Å². The van der Waals surface area contributed by atoms with Gasteiger partial charge >= 0.3 is 5.97 Å². The molecule has 24 heavy (non-hydrogen) atoms. The summed E-state index contributed by atoms with van der Waals surface area (Å²) in [4.78, 5) is 21.7. The van der Waals surface area contributed by atoms with Gasteiger partial charge in [0.25, 0.3) is 0 Å². The molecule has 1 unspecified atom stereocenters. The van der Waals surface area contributed by atoms with Gasteiger partial charge in [-0.3, -0.25) is 4.79 Å². The maximum atomic E-state index is 11.3. The minimum atomic E-state index is -1.84. The lowest BCUT2D eigenvalue weighted by molar-refractivity contribution is -0.152. The number of carbonyl (C=O) groups is 2. The Balaban J connectivity index is 3.18. The minimum absolute atomic E-state index is 0.172. The van der Waals surface area contributed by atoms with Gasteiger partial charge in [0, 0.05) is 6.42 Å². The summed E-state index contributed by atoms with van der Waals surface area (Å²) in [6, 6.07) is 0. The van der Waals surface area contributed by atoms with E-state index in [9.17, 15) is 9.59 Å². The average molecular weight is 343 g/mol. The molecule has 0 aromatic rings. The van der Waals surface area contributed by atoms with Crippen LogP contribution in [0.15, 0.2) is 0 Å². The number of hydrogen-bond acceptors (Lipinski definition) is 3. The molecular weight excluding hydrogens is 304 g/mol. The number of carboxylic acid groups (broad SMARTS) is 1. The van der Waals surface area contributed by atoms with Crippen LogP contribution in [0.4, 0.5) is 0 Å². The molecular formula is C20H38O4. The van der Waals surface area contributed by atoms with Crippen LogP contribution in [0.1, 0.15) is 110 Å². The first-order chi connectivity index (χ1) is 11.6. The van der Waals surface area contributed by atoms with Gasteiger partial charge in [-0.15, -0.1) is 0 Å². The molecule has 0 aliphatic carbocycles. The van der Waals surface area contributed by atoms with Crippen molar-refractivity contribution < 1.29 is 19.8 Å². The van der Waals surface area contributed by atoms with Crippen molar-refractivity contribution in [2.45, 2.75) is 116 Å². The van der Waals surface area contributed by atoms with Crippen LogP contribution in [-0.4, -0.2) is 28.1 Å². The third kappa shape index (κ3) is 14.7. The van der Waals surface area contributed by atoms with Gasteiger partial charge in [0.05, 0.1) is 0 Å². The summed E-state index contributed by atoms with van der Waals surface area (Å²) in [6.45, 7) is 2.25. The predicted octanol–water partition coefficient (Wildman–Crippen LogP) is 5.26. The lowest BCUT2D eigenvalue weighted by Gasteiger charge is -2.05.